The van der Waals surface area contributed by atoms with Gasteiger partial charge in [0.1, 0.15) is 0 Å². The topological polar surface area (TPSA) is 78.4 Å². The van der Waals surface area contributed by atoms with Crippen LogP contribution >= 0.6 is 0 Å². The van der Waals surface area contributed by atoms with E-state index in [1.807, 2.05) is 0 Å². The van der Waals surface area contributed by atoms with Crippen LogP contribution in [0.25, 0.3) is 0 Å². The Morgan fingerprint density at radius 3 is 1.50 bits per heavy atom. The molecule has 6 heteroatoms. The molecule has 0 aliphatic rings. The Hall–Kier alpha value is 0.818. The molecule has 0 atom stereocenters. The van der Waals surface area contributed by atoms with E-state index in [-0.39, 0.29) is 0 Å². The molecule has 37 valence electrons. The van der Waals surface area contributed by atoms with Crippen LogP contribution in [0.4, 0.5) is 0 Å². The quantitative estimate of drug-likeness (QED) is 0.404. The van der Waals surface area contributed by atoms with Crippen LogP contribution in [0.1, 0.15) is 0 Å². The van der Waals surface area contributed by atoms with Crippen molar-refractivity contribution in [3.05, 3.63) is 0 Å². The molecule has 0 saturated heterocycles. The second kappa shape index (κ2) is 2.21. The molecule has 0 aromatic rings. The molecule has 0 aliphatic carbocycles. The van der Waals surface area contributed by atoms with Crippen molar-refractivity contribution in [3.8, 4) is 0 Å². The third-order valence-electron chi connectivity index (χ3n) is 0.0772. The van der Waals surface area contributed by atoms with Crippen molar-refractivity contribution in [2.24, 2.45) is 0 Å². The Labute approximate surface area is 47.8 Å². The number of hydrogen-bond acceptors (Lipinski definition) is 4. The summed E-state index contributed by atoms with van der Waals surface area (Å²) in [5.41, 5.74) is 0. The number of hydrogen-bond donors (Lipinski definition) is 0. The summed E-state index contributed by atoms with van der Waals surface area (Å²) in [4.78, 5) is 0. The molecule has 0 aromatic carbocycles. The van der Waals surface area contributed by atoms with Gasteiger partial charge in [-0.25, -0.2) is 0 Å². The summed E-state index contributed by atoms with van der Waals surface area (Å²) >= 11 is 0.734. The fourth-order valence-electron chi connectivity index (χ4n) is 0. The molecular weight excluding hydrogens is 195 g/mol. The Morgan fingerprint density at radius 2 is 1.50 bits per heavy atom. The molecule has 0 bridgehead atoms. The summed E-state index contributed by atoms with van der Waals surface area (Å²) in [5, 5.41) is 0. The Morgan fingerprint density at radius 1 is 1.33 bits per heavy atom. The maximum atomic E-state index is 9.20. The fourth-order valence-corrected chi connectivity index (χ4v) is 0. The van der Waals surface area contributed by atoms with E-state index in [9.17, 15) is 14.0 Å². The van der Waals surface area contributed by atoms with Gasteiger partial charge in [-0.15, -0.1) is 0 Å². The van der Waals surface area contributed by atoms with Crippen molar-refractivity contribution in [3.63, 3.8) is 0 Å². The van der Waals surface area contributed by atoms with Crippen molar-refractivity contribution in [2.75, 3.05) is 0 Å². The normalized spacial score (nSPS) is 11.8. The van der Waals surface area contributed by atoms with E-state index in [0.29, 0.717) is 0 Å². The first kappa shape index (κ1) is 6.82. The predicted molar refractivity (Wildman–Crippen MR) is 1.08 cm³/mol. The summed E-state index contributed by atoms with van der Waals surface area (Å²) in [6, 6.07) is 0. The van der Waals surface area contributed by atoms with Gasteiger partial charge < -0.3 is 0 Å². The fraction of sp³-hybridized carbons (Fsp3) is 0. The van der Waals surface area contributed by atoms with Gasteiger partial charge in [-0.2, -0.15) is 0 Å². The molecule has 0 aliphatic heterocycles. The van der Waals surface area contributed by atoms with Crippen LogP contribution in [0.5, 0.6) is 0 Å². The summed E-state index contributed by atoms with van der Waals surface area (Å²) in [6.07, 6.45) is 0. The van der Waals surface area contributed by atoms with E-state index in [1.54, 1.807) is 0 Å². The number of rotatable bonds is 1. The Balaban J connectivity index is 3.17. The van der Waals surface area contributed by atoms with Crippen molar-refractivity contribution < 1.29 is 47.4 Å². The van der Waals surface area contributed by atoms with Crippen LogP contribution < -0.4 is 14.0 Å². The average Bonchev–Trinajstić information content (AvgIpc) is 1.35. The molecule has 0 aromatic heterocycles. The zero-order valence-electron chi connectivity index (χ0n) is 2.42. The zero-order chi connectivity index (χ0) is 5.21. The van der Waals surface area contributed by atoms with E-state index < -0.39 is 10.2 Å². The van der Waals surface area contributed by atoms with Gasteiger partial charge in [-0.05, 0) is 0 Å². The number of halogens is 1. The molecule has 0 amide bonds. The van der Waals surface area contributed by atoms with Crippen molar-refractivity contribution >= 4 is 0 Å². The molecule has 0 unspecified atom stereocenters. The first-order chi connectivity index (χ1) is 2.56. The minimum absolute atomic E-state index is 0.734. The van der Waals surface area contributed by atoms with Crippen LogP contribution in [-0.4, -0.2) is 0 Å². The predicted octanol–water partition coefficient (Wildman–Crippen LogP) is -3.64. The van der Waals surface area contributed by atoms with Gasteiger partial charge in [0, 0.05) is 0 Å². The third-order valence-corrected chi connectivity index (χ3v) is 1.37. The first-order valence-electron chi connectivity index (χ1n) is 0.784. The Kier molecular flexibility index (Phi) is 2.51. The van der Waals surface area contributed by atoms with Gasteiger partial charge in [0.15, 0.2) is 0 Å². The first-order valence-corrected chi connectivity index (χ1v) is 2.84. The van der Waals surface area contributed by atoms with Crippen LogP contribution in [0.2, 0.25) is 0 Å². The molecular formula is ClMoO4. The molecule has 0 saturated carbocycles. The summed E-state index contributed by atoms with van der Waals surface area (Å²) in [5.74, 6) is 0. The SMILES string of the molecule is [O-][Cl+3]([O-])([O-])[O][Mo]. The van der Waals surface area contributed by atoms with Gasteiger partial charge in [0.05, 0.1) is 0 Å². The molecule has 6 heavy (non-hydrogen) atoms. The van der Waals surface area contributed by atoms with E-state index in [1.165, 1.54) is 0 Å². The summed E-state index contributed by atoms with van der Waals surface area (Å²) in [6.45, 7) is 0. The molecule has 0 N–H and O–H groups in total. The van der Waals surface area contributed by atoms with E-state index in [0.717, 1.165) is 20.2 Å². The molecule has 0 rings (SSSR count). The molecule has 0 spiro atoms. The van der Waals surface area contributed by atoms with Crippen molar-refractivity contribution in [1.82, 2.24) is 0 Å². The second-order valence-electron chi connectivity index (χ2n) is 0.441. The second-order valence-corrected chi connectivity index (χ2v) is 2.25. The van der Waals surface area contributed by atoms with Crippen LogP contribution in [0.3, 0.4) is 0 Å². The Bertz CT molecular complexity index is 37.3. The molecule has 0 radical (unpaired) electrons. The maximum absolute atomic E-state index is 9.20. The van der Waals surface area contributed by atoms with Crippen LogP contribution in [0, 0.1) is 10.2 Å². The monoisotopic (exact) mass is 197 g/mol. The molecule has 4 nitrogen and oxygen atoms in total. The van der Waals surface area contributed by atoms with Crippen molar-refractivity contribution in [2.45, 2.75) is 0 Å². The zero-order valence-corrected chi connectivity index (χ0v) is 5.18. The van der Waals surface area contributed by atoms with E-state index in [2.05, 4.69) is 2.94 Å². The third kappa shape index (κ3) is 4.82. The van der Waals surface area contributed by atoms with Crippen LogP contribution in [-0.2, 0) is 23.1 Å². The van der Waals surface area contributed by atoms with Gasteiger partial charge >= 0.3 is 47.4 Å². The van der Waals surface area contributed by atoms with Gasteiger partial charge in [-0.1, -0.05) is 0 Å². The van der Waals surface area contributed by atoms with Gasteiger partial charge in [-0.3, -0.25) is 0 Å². The summed E-state index contributed by atoms with van der Waals surface area (Å²) in [7, 11) is -4.17. The minimum atomic E-state index is -4.17. The van der Waals surface area contributed by atoms with E-state index >= 15 is 0 Å². The summed E-state index contributed by atoms with van der Waals surface area (Å²) < 4.78 is 30.9. The molecule has 0 fully saturated rings. The standard InChI is InChI=1S/ClHO4.Mo/c2-1(3,4)5;/h(H,2,3,4,5);/q;+1/p-1. The molecule has 0 heterocycles. The average molecular weight is 195 g/mol. The van der Waals surface area contributed by atoms with Crippen molar-refractivity contribution in [1.29, 1.82) is 0 Å². The van der Waals surface area contributed by atoms with Gasteiger partial charge in [0.2, 0.25) is 0 Å². The van der Waals surface area contributed by atoms with Crippen LogP contribution in [0.15, 0.2) is 0 Å². The van der Waals surface area contributed by atoms with Gasteiger partial charge in [0.25, 0.3) is 0 Å². The van der Waals surface area contributed by atoms with E-state index in [4.69, 9.17) is 0 Å².